The van der Waals surface area contributed by atoms with Crippen LogP contribution in [0, 0.1) is 5.92 Å². The zero-order valence-corrected chi connectivity index (χ0v) is 9.07. The molecule has 0 amide bonds. The first-order chi connectivity index (χ1) is 6.59. The number of hydrogen-bond acceptors (Lipinski definition) is 3. The molecule has 0 radical (unpaired) electrons. The number of rotatable bonds is 4. The SMILES string of the molecule is CC(C)CN(C)Cc1ncccc1O. The summed E-state index contributed by atoms with van der Waals surface area (Å²) in [6.45, 7) is 6.06. The fourth-order valence-electron chi connectivity index (χ4n) is 1.49. The maximum atomic E-state index is 9.50. The molecule has 14 heavy (non-hydrogen) atoms. The molecule has 3 nitrogen and oxygen atoms in total. The quantitative estimate of drug-likeness (QED) is 0.795. The number of nitrogens with zero attached hydrogens (tertiary/aromatic N) is 2. The Bertz CT molecular complexity index is 286. The van der Waals surface area contributed by atoms with Gasteiger partial charge < -0.3 is 10.0 Å². The van der Waals surface area contributed by atoms with Crippen molar-refractivity contribution in [1.29, 1.82) is 0 Å². The molecule has 3 heteroatoms. The Kier molecular flexibility index (Phi) is 3.89. The lowest BCUT2D eigenvalue weighted by Gasteiger charge is -2.18. The topological polar surface area (TPSA) is 36.4 Å². The zero-order valence-electron chi connectivity index (χ0n) is 9.07. The van der Waals surface area contributed by atoms with Crippen LogP contribution in [0.15, 0.2) is 18.3 Å². The molecule has 0 atom stereocenters. The lowest BCUT2D eigenvalue weighted by molar-refractivity contribution is 0.280. The van der Waals surface area contributed by atoms with Crippen LogP contribution >= 0.6 is 0 Å². The largest absolute Gasteiger partial charge is 0.506 e. The summed E-state index contributed by atoms with van der Waals surface area (Å²) in [5.74, 6) is 0.911. The van der Waals surface area contributed by atoms with Gasteiger partial charge >= 0.3 is 0 Å². The zero-order chi connectivity index (χ0) is 10.6. The van der Waals surface area contributed by atoms with Gasteiger partial charge in [-0.3, -0.25) is 4.98 Å². The number of aromatic hydroxyl groups is 1. The predicted octanol–water partition coefficient (Wildman–Crippen LogP) is 1.88. The normalized spacial score (nSPS) is 11.2. The molecule has 0 saturated carbocycles. The summed E-state index contributed by atoms with van der Waals surface area (Å²) in [7, 11) is 2.04. The second-order valence-corrected chi connectivity index (χ2v) is 4.06. The second kappa shape index (κ2) is 4.96. The van der Waals surface area contributed by atoms with E-state index < -0.39 is 0 Å². The standard InChI is InChI=1S/C11H18N2O/c1-9(2)7-13(3)8-10-11(14)5-4-6-12-10/h4-6,9,14H,7-8H2,1-3H3. The van der Waals surface area contributed by atoms with Crippen LogP contribution in [0.5, 0.6) is 5.75 Å². The Morgan fingerprint density at radius 3 is 2.79 bits per heavy atom. The van der Waals surface area contributed by atoms with Gasteiger partial charge in [0, 0.05) is 19.3 Å². The molecule has 0 aliphatic heterocycles. The lowest BCUT2D eigenvalue weighted by Crippen LogP contribution is -2.23. The highest BCUT2D eigenvalue weighted by molar-refractivity contribution is 5.24. The van der Waals surface area contributed by atoms with Gasteiger partial charge in [-0.05, 0) is 25.1 Å². The lowest BCUT2D eigenvalue weighted by atomic mass is 10.2. The monoisotopic (exact) mass is 194 g/mol. The van der Waals surface area contributed by atoms with Crippen LogP contribution < -0.4 is 0 Å². The summed E-state index contributed by atoms with van der Waals surface area (Å²) in [6.07, 6.45) is 1.71. The molecule has 1 rings (SSSR count). The van der Waals surface area contributed by atoms with E-state index in [0.717, 1.165) is 12.2 Å². The Morgan fingerprint density at radius 1 is 1.50 bits per heavy atom. The van der Waals surface area contributed by atoms with Crippen molar-refractivity contribution in [3.05, 3.63) is 24.0 Å². The highest BCUT2D eigenvalue weighted by Gasteiger charge is 2.06. The first kappa shape index (κ1) is 11.0. The highest BCUT2D eigenvalue weighted by Crippen LogP contribution is 2.14. The average Bonchev–Trinajstić information content (AvgIpc) is 2.07. The van der Waals surface area contributed by atoms with Gasteiger partial charge in [-0.1, -0.05) is 13.8 Å². The predicted molar refractivity (Wildman–Crippen MR) is 57.1 cm³/mol. The van der Waals surface area contributed by atoms with Crippen LogP contribution in [0.4, 0.5) is 0 Å². The molecule has 1 N–H and O–H groups in total. The minimum Gasteiger partial charge on any atom is -0.506 e. The van der Waals surface area contributed by atoms with Crippen LogP contribution in [-0.4, -0.2) is 28.6 Å². The van der Waals surface area contributed by atoms with Crippen LogP contribution in [0.25, 0.3) is 0 Å². The third-order valence-corrected chi connectivity index (χ3v) is 1.96. The van der Waals surface area contributed by atoms with Gasteiger partial charge in [-0.2, -0.15) is 0 Å². The van der Waals surface area contributed by atoms with Crippen molar-refractivity contribution in [1.82, 2.24) is 9.88 Å². The minimum atomic E-state index is 0.281. The maximum absolute atomic E-state index is 9.50. The average molecular weight is 194 g/mol. The summed E-state index contributed by atoms with van der Waals surface area (Å²) >= 11 is 0. The van der Waals surface area contributed by atoms with Crippen LogP contribution in [-0.2, 0) is 6.54 Å². The summed E-state index contributed by atoms with van der Waals surface area (Å²) in [4.78, 5) is 6.29. The van der Waals surface area contributed by atoms with Crippen LogP contribution in [0.2, 0.25) is 0 Å². The first-order valence-electron chi connectivity index (χ1n) is 4.91. The van der Waals surface area contributed by atoms with Gasteiger partial charge in [0.05, 0.1) is 5.69 Å². The Hall–Kier alpha value is -1.09. The molecule has 1 aromatic heterocycles. The number of pyridine rings is 1. The van der Waals surface area contributed by atoms with Crippen molar-refractivity contribution in [3.63, 3.8) is 0 Å². The molecule has 0 aliphatic carbocycles. The fraction of sp³-hybridized carbons (Fsp3) is 0.545. The molecule has 0 fully saturated rings. The molecular formula is C11H18N2O. The Morgan fingerprint density at radius 2 is 2.21 bits per heavy atom. The summed E-state index contributed by atoms with van der Waals surface area (Å²) < 4.78 is 0. The van der Waals surface area contributed by atoms with E-state index in [1.165, 1.54) is 0 Å². The molecule has 0 aromatic carbocycles. The van der Waals surface area contributed by atoms with Crippen molar-refractivity contribution in [2.45, 2.75) is 20.4 Å². The molecule has 0 bridgehead atoms. The van der Waals surface area contributed by atoms with E-state index in [0.29, 0.717) is 12.5 Å². The van der Waals surface area contributed by atoms with Gasteiger partial charge in [0.2, 0.25) is 0 Å². The third-order valence-electron chi connectivity index (χ3n) is 1.96. The molecule has 0 saturated heterocycles. The molecule has 78 valence electrons. The molecule has 1 heterocycles. The van der Waals surface area contributed by atoms with E-state index in [1.807, 2.05) is 7.05 Å². The first-order valence-corrected chi connectivity index (χ1v) is 4.91. The van der Waals surface area contributed by atoms with Gasteiger partial charge in [0.15, 0.2) is 0 Å². The van der Waals surface area contributed by atoms with Crippen LogP contribution in [0.1, 0.15) is 19.5 Å². The van der Waals surface area contributed by atoms with E-state index >= 15 is 0 Å². The van der Waals surface area contributed by atoms with E-state index in [9.17, 15) is 5.11 Å². The highest BCUT2D eigenvalue weighted by atomic mass is 16.3. The van der Waals surface area contributed by atoms with Crippen molar-refractivity contribution < 1.29 is 5.11 Å². The van der Waals surface area contributed by atoms with Crippen molar-refractivity contribution >= 4 is 0 Å². The smallest absolute Gasteiger partial charge is 0.138 e. The summed E-state index contributed by atoms with van der Waals surface area (Å²) in [5.41, 5.74) is 0.746. The van der Waals surface area contributed by atoms with E-state index in [1.54, 1.807) is 18.3 Å². The van der Waals surface area contributed by atoms with Gasteiger partial charge in [-0.25, -0.2) is 0 Å². The van der Waals surface area contributed by atoms with Gasteiger partial charge in [0.25, 0.3) is 0 Å². The Balaban J connectivity index is 2.56. The maximum Gasteiger partial charge on any atom is 0.138 e. The number of aromatic nitrogens is 1. The molecular weight excluding hydrogens is 176 g/mol. The van der Waals surface area contributed by atoms with E-state index in [-0.39, 0.29) is 5.75 Å². The van der Waals surface area contributed by atoms with Gasteiger partial charge in [0.1, 0.15) is 5.75 Å². The molecule has 0 spiro atoms. The van der Waals surface area contributed by atoms with Gasteiger partial charge in [-0.15, -0.1) is 0 Å². The minimum absolute atomic E-state index is 0.281. The molecule has 0 unspecified atom stereocenters. The van der Waals surface area contributed by atoms with Crippen molar-refractivity contribution in [3.8, 4) is 5.75 Å². The second-order valence-electron chi connectivity index (χ2n) is 4.06. The molecule has 1 aromatic rings. The fourth-order valence-corrected chi connectivity index (χ4v) is 1.49. The number of hydrogen-bond donors (Lipinski definition) is 1. The van der Waals surface area contributed by atoms with E-state index in [4.69, 9.17) is 0 Å². The van der Waals surface area contributed by atoms with Crippen molar-refractivity contribution in [2.75, 3.05) is 13.6 Å². The Labute approximate surface area is 85.4 Å². The third kappa shape index (κ3) is 3.34. The van der Waals surface area contributed by atoms with Crippen LogP contribution in [0.3, 0.4) is 0 Å². The van der Waals surface area contributed by atoms with Crippen molar-refractivity contribution in [2.24, 2.45) is 5.92 Å². The summed E-state index contributed by atoms with van der Waals surface area (Å²) in [6, 6.07) is 3.41. The molecule has 0 aliphatic rings. The summed E-state index contributed by atoms with van der Waals surface area (Å²) in [5, 5.41) is 9.50. The van der Waals surface area contributed by atoms with E-state index in [2.05, 4.69) is 23.7 Å².